The van der Waals surface area contributed by atoms with E-state index in [1.54, 1.807) is 17.8 Å². The summed E-state index contributed by atoms with van der Waals surface area (Å²) in [6.45, 7) is 0. The van der Waals surface area contributed by atoms with Crippen LogP contribution >= 0.6 is 46.3 Å². The molecule has 0 saturated heterocycles. The second-order valence-corrected chi connectivity index (χ2v) is 8.30. The average Bonchev–Trinajstić information content (AvgIpc) is 3.14. The van der Waals surface area contributed by atoms with Crippen LogP contribution < -0.4 is 5.32 Å². The first kappa shape index (κ1) is 17.5. The number of hydrogen-bond donors (Lipinski definition) is 1. The van der Waals surface area contributed by atoms with Gasteiger partial charge >= 0.3 is 0 Å². The topological polar surface area (TPSA) is 59.3 Å². The number of thioether (sulfide) groups is 1. The maximum atomic E-state index is 12.6. The molecule has 1 amide bonds. The lowest BCUT2D eigenvalue weighted by atomic mass is 10.2. The van der Waals surface area contributed by atoms with Gasteiger partial charge in [-0.2, -0.15) is 11.8 Å². The van der Waals surface area contributed by atoms with E-state index in [0.29, 0.717) is 20.1 Å². The number of fused-ring (bicyclic) bond motifs is 1. The van der Waals surface area contributed by atoms with E-state index in [1.807, 2.05) is 35.1 Å². The fourth-order valence-electron chi connectivity index (χ4n) is 2.33. The zero-order chi connectivity index (χ0) is 17.1. The predicted octanol–water partition coefficient (Wildman–Crippen LogP) is 4.32. The molecule has 0 fully saturated rings. The standard InChI is InChI=1S/C15H14Cl2N4OS2/c1-23-7-5-10(14-20-19-12-4-2-3-6-21(12)14)18-15(22)9-8-11(16)24-13(9)17/h2-4,6,8,10H,5,7H2,1H3,(H,18,22). The maximum absolute atomic E-state index is 12.6. The van der Waals surface area contributed by atoms with Crippen molar-refractivity contribution in [2.75, 3.05) is 12.0 Å². The van der Waals surface area contributed by atoms with Gasteiger partial charge in [0.05, 0.1) is 15.9 Å². The second kappa shape index (κ2) is 7.74. The molecule has 0 aromatic carbocycles. The van der Waals surface area contributed by atoms with Crippen LogP contribution in [0.1, 0.15) is 28.6 Å². The molecule has 0 aliphatic heterocycles. The summed E-state index contributed by atoms with van der Waals surface area (Å²) >= 11 is 14.9. The summed E-state index contributed by atoms with van der Waals surface area (Å²) in [6.07, 6.45) is 4.64. The van der Waals surface area contributed by atoms with Crippen LogP contribution in [0.2, 0.25) is 8.67 Å². The molecule has 0 aliphatic carbocycles. The zero-order valence-electron chi connectivity index (χ0n) is 12.7. The molecule has 0 saturated carbocycles. The Hall–Kier alpha value is -1.28. The van der Waals surface area contributed by atoms with E-state index in [-0.39, 0.29) is 11.9 Å². The van der Waals surface area contributed by atoms with Gasteiger partial charge in [0.1, 0.15) is 4.34 Å². The largest absolute Gasteiger partial charge is 0.342 e. The molecule has 0 spiro atoms. The number of nitrogens with zero attached hydrogens (tertiary/aromatic N) is 3. The molecule has 126 valence electrons. The number of carbonyl (C=O) groups excluding carboxylic acids is 1. The van der Waals surface area contributed by atoms with Crippen LogP contribution in [0.5, 0.6) is 0 Å². The molecule has 5 nitrogen and oxygen atoms in total. The summed E-state index contributed by atoms with van der Waals surface area (Å²) in [5.74, 6) is 1.32. The summed E-state index contributed by atoms with van der Waals surface area (Å²) in [5, 5.41) is 11.4. The number of nitrogens with one attached hydrogen (secondary N) is 1. The van der Waals surface area contributed by atoms with E-state index in [0.717, 1.165) is 17.8 Å². The SMILES string of the molecule is CSCCC(NC(=O)c1cc(Cl)sc1Cl)c1nnc2ccccn12. The van der Waals surface area contributed by atoms with E-state index in [9.17, 15) is 4.79 Å². The van der Waals surface area contributed by atoms with Crippen molar-refractivity contribution in [2.24, 2.45) is 0 Å². The van der Waals surface area contributed by atoms with Gasteiger partial charge in [-0.05, 0) is 36.6 Å². The lowest BCUT2D eigenvalue weighted by Gasteiger charge is -2.16. The van der Waals surface area contributed by atoms with Crippen LogP contribution in [0, 0.1) is 0 Å². The van der Waals surface area contributed by atoms with Crippen molar-refractivity contribution < 1.29 is 4.79 Å². The van der Waals surface area contributed by atoms with Crippen molar-refractivity contribution in [2.45, 2.75) is 12.5 Å². The van der Waals surface area contributed by atoms with Crippen molar-refractivity contribution in [3.05, 3.63) is 50.5 Å². The molecule has 24 heavy (non-hydrogen) atoms. The molecule has 0 bridgehead atoms. The first-order valence-corrected chi connectivity index (χ1v) is 10.1. The number of rotatable bonds is 6. The van der Waals surface area contributed by atoms with E-state index >= 15 is 0 Å². The van der Waals surface area contributed by atoms with Gasteiger partial charge in [0, 0.05) is 6.20 Å². The highest BCUT2D eigenvalue weighted by Gasteiger charge is 2.23. The third-order valence-electron chi connectivity index (χ3n) is 3.47. The number of halogens is 2. The molecule has 1 unspecified atom stereocenters. The normalized spacial score (nSPS) is 12.5. The van der Waals surface area contributed by atoms with Crippen LogP contribution in [0.4, 0.5) is 0 Å². The molecule has 0 aliphatic rings. The highest BCUT2D eigenvalue weighted by atomic mass is 35.5. The Morgan fingerprint density at radius 3 is 2.96 bits per heavy atom. The Balaban J connectivity index is 1.89. The van der Waals surface area contributed by atoms with Crippen LogP contribution in [0.15, 0.2) is 30.5 Å². The van der Waals surface area contributed by atoms with Crippen molar-refractivity contribution in [1.29, 1.82) is 0 Å². The minimum atomic E-state index is -0.267. The van der Waals surface area contributed by atoms with Gasteiger partial charge in [0.25, 0.3) is 5.91 Å². The molecule has 3 rings (SSSR count). The highest BCUT2D eigenvalue weighted by molar-refractivity contribution is 7.98. The number of amides is 1. The van der Waals surface area contributed by atoms with Gasteiger partial charge < -0.3 is 5.32 Å². The Morgan fingerprint density at radius 2 is 2.25 bits per heavy atom. The van der Waals surface area contributed by atoms with Crippen molar-refractivity contribution in [1.82, 2.24) is 19.9 Å². The molecule has 0 radical (unpaired) electrons. The molecule has 3 heterocycles. The summed E-state index contributed by atoms with van der Waals surface area (Å²) in [5.41, 5.74) is 1.13. The maximum Gasteiger partial charge on any atom is 0.254 e. The fourth-order valence-corrected chi connectivity index (χ4v) is 4.26. The molecule has 9 heteroatoms. The number of carbonyl (C=O) groups is 1. The average molecular weight is 401 g/mol. The Morgan fingerprint density at radius 1 is 1.42 bits per heavy atom. The molecule has 1 atom stereocenters. The summed E-state index contributed by atoms with van der Waals surface area (Å²) in [6, 6.07) is 6.99. The minimum Gasteiger partial charge on any atom is -0.342 e. The number of hydrogen-bond acceptors (Lipinski definition) is 5. The Kier molecular flexibility index (Phi) is 5.65. The molecular weight excluding hydrogens is 387 g/mol. The monoisotopic (exact) mass is 400 g/mol. The third-order valence-corrected chi connectivity index (χ3v) is 5.60. The van der Waals surface area contributed by atoms with Crippen molar-refractivity contribution in [3.8, 4) is 0 Å². The number of aromatic nitrogens is 3. The van der Waals surface area contributed by atoms with Crippen LogP contribution in [-0.2, 0) is 0 Å². The second-order valence-electron chi connectivity index (χ2n) is 5.03. The van der Waals surface area contributed by atoms with Gasteiger partial charge in [-0.3, -0.25) is 9.20 Å². The predicted molar refractivity (Wildman–Crippen MR) is 101 cm³/mol. The van der Waals surface area contributed by atoms with E-state index < -0.39 is 0 Å². The summed E-state index contributed by atoms with van der Waals surface area (Å²) < 4.78 is 2.75. The number of thiophene rings is 1. The molecular formula is C15H14Cl2N4OS2. The van der Waals surface area contributed by atoms with Gasteiger partial charge in [-0.15, -0.1) is 21.5 Å². The van der Waals surface area contributed by atoms with Crippen molar-refractivity contribution >= 4 is 57.9 Å². The third kappa shape index (κ3) is 3.69. The van der Waals surface area contributed by atoms with E-state index in [1.165, 1.54) is 11.3 Å². The fraction of sp³-hybridized carbons (Fsp3) is 0.267. The lowest BCUT2D eigenvalue weighted by Crippen LogP contribution is -2.30. The molecule has 3 aromatic rings. The highest BCUT2D eigenvalue weighted by Crippen LogP contribution is 2.31. The lowest BCUT2D eigenvalue weighted by molar-refractivity contribution is 0.0934. The summed E-state index contributed by atoms with van der Waals surface area (Å²) in [7, 11) is 0. The van der Waals surface area contributed by atoms with Crippen LogP contribution in [0.3, 0.4) is 0 Å². The van der Waals surface area contributed by atoms with Crippen LogP contribution in [0.25, 0.3) is 5.65 Å². The molecule has 3 aromatic heterocycles. The smallest absolute Gasteiger partial charge is 0.254 e. The van der Waals surface area contributed by atoms with Gasteiger partial charge in [0.2, 0.25) is 0 Å². The van der Waals surface area contributed by atoms with E-state index in [2.05, 4.69) is 15.5 Å². The Labute approximate surface area is 157 Å². The van der Waals surface area contributed by atoms with Crippen molar-refractivity contribution in [3.63, 3.8) is 0 Å². The Bertz CT molecular complexity index is 864. The quantitative estimate of drug-likeness (QED) is 0.668. The summed E-state index contributed by atoms with van der Waals surface area (Å²) in [4.78, 5) is 12.6. The van der Waals surface area contributed by atoms with E-state index in [4.69, 9.17) is 23.2 Å². The van der Waals surface area contributed by atoms with Gasteiger partial charge in [-0.25, -0.2) is 0 Å². The van der Waals surface area contributed by atoms with Gasteiger partial charge in [-0.1, -0.05) is 29.3 Å². The first-order valence-electron chi connectivity index (χ1n) is 7.14. The zero-order valence-corrected chi connectivity index (χ0v) is 15.8. The molecule has 1 N–H and O–H groups in total. The number of pyridine rings is 1. The first-order chi connectivity index (χ1) is 11.6. The minimum absolute atomic E-state index is 0.262. The van der Waals surface area contributed by atoms with Gasteiger partial charge in [0.15, 0.2) is 11.5 Å². The van der Waals surface area contributed by atoms with Crippen LogP contribution in [-0.4, -0.2) is 32.5 Å².